The van der Waals surface area contributed by atoms with Crippen LogP contribution < -0.4 is 9.47 Å². The van der Waals surface area contributed by atoms with Crippen LogP contribution in [0.2, 0.25) is 0 Å². The largest absolute Gasteiger partial charge is 0.487 e. The number of hydrogen-bond donors (Lipinski definition) is 0. The van der Waals surface area contributed by atoms with E-state index in [2.05, 4.69) is 71.1 Å². The van der Waals surface area contributed by atoms with Gasteiger partial charge in [0.25, 0.3) is 0 Å². The number of hydrogen-bond acceptors (Lipinski definition) is 3. The molecule has 0 amide bonds. The number of fused-ring (bicyclic) bond motifs is 1. The fourth-order valence-electron chi connectivity index (χ4n) is 5.55. The molecule has 35 heavy (non-hydrogen) atoms. The second-order valence-corrected chi connectivity index (χ2v) is 12.8. The standard InChI is InChI=1S/C31H51IO3/c1-21(2)12-9-13-22(3)14-10-15-23(4)16-11-18-31(8)19-17-27-26(7)29(34-28(33)20-32)24(5)25(6)30(27)35-31/h21-23H,9-20H2,1-8H3/t22-,23-,31-/m1/s1. The molecule has 1 aliphatic rings. The van der Waals surface area contributed by atoms with Crippen LogP contribution in [0.25, 0.3) is 0 Å². The van der Waals surface area contributed by atoms with E-state index in [1.54, 1.807) is 0 Å². The van der Waals surface area contributed by atoms with Gasteiger partial charge in [0.1, 0.15) is 17.1 Å². The first-order valence-electron chi connectivity index (χ1n) is 14.1. The normalized spacial score (nSPS) is 19.3. The lowest BCUT2D eigenvalue weighted by atomic mass is 9.83. The highest BCUT2D eigenvalue weighted by Gasteiger charge is 2.34. The van der Waals surface area contributed by atoms with Crippen LogP contribution in [0.15, 0.2) is 0 Å². The zero-order valence-corrected chi connectivity index (χ0v) is 26.0. The minimum atomic E-state index is -0.188. The minimum Gasteiger partial charge on any atom is -0.487 e. The number of alkyl halides is 1. The van der Waals surface area contributed by atoms with E-state index in [-0.39, 0.29) is 11.6 Å². The van der Waals surface area contributed by atoms with Gasteiger partial charge in [0.15, 0.2) is 0 Å². The zero-order valence-electron chi connectivity index (χ0n) is 23.8. The Balaban J connectivity index is 1.84. The number of ether oxygens (including phenoxy) is 2. The number of benzene rings is 1. The highest BCUT2D eigenvalue weighted by molar-refractivity contribution is 14.1. The lowest BCUT2D eigenvalue weighted by Crippen LogP contribution is -2.37. The second-order valence-electron chi connectivity index (χ2n) is 12.0. The molecule has 0 fully saturated rings. The van der Waals surface area contributed by atoms with Crippen molar-refractivity contribution >= 4 is 28.6 Å². The monoisotopic (exact) mass is 598 g/mol. The number of rotatable bonds is 14. The van der Waals surface area contributed by atoms with E-state index in [4.69, 9.17) is 9.47 Å². The van der Waals surface area contributed by atoms with Crippen LogP contribution >= 0.6 is 22.6 Å². The third-order valence-electron chi connectivity index (χ3n) is 8.16. The summed E-state index contributed by atoms with van der Waals surface area (Å²) in [6, 6.07) is 0. The maximum atomic E-state index is 11.9. The van der Waals surface area contributed by atoms with Crippen molar-refractivity contribution < 1.29 is 14.3 Å². The molecule has 1 aliphatic heterocycles. The molecule has 0 bridgehead atoms. The molecule has 0 N–H and O–H groups in total. The van der Waals surface area contributed by atoms with E-state index < -0.39 is 0 Å². The Kier molecular flexibility index (Phi) is 12.4. The van der Waals surface area contributed by atoms with Crippen LogP contribution in [0.4, 0.5) is 0 Å². The first-order valence-corrected chi connectivity index (χ1v) is 15.6. The predicted molar refractivity (Wildman–Crippen MR) is 157 cm³/mol. The molecule has 0 radical (unpaired) electrons. The van der Waals surface area contributed by atoms with Crippen LogP contribution in [0.5, 0.6) is 11.5 Å². The van der Waals surface area contributed by atoms with Crippen molar-refractivity contribution in [1.29, 1.82) is 0 Å². The molecule has 1 aromatic carbocycles. The number of carbonyl (C=O) groups excluding carboxylic acids is 1. The molecule has 0 saturated heterocycles. The van der Waals surface area contributed by atoms with Gasteiger partial charge in [-0.15, -0.1) is 0 Å². The quantitative estimate of drug-likeness (QED) is 0.0926. The smallest absolute Gasteiger partial charge is 0.321 e. The molecule has 0 aromatic heterocycles. The molecule has 0 unspecified atom stereocenters. The molecule has 0 aliphatic carbocycles. The van der Waals surface area contributed by atoms with Crippen molar-refractivity contribution in [2.24, 2.45) is 17.8 Å². The molecule has 4 heteroatoms. The van der Waals surface area contributed by atoms with Gasteiger partial charge in [0, 0.05) is 5.56 Å². The first-order chi connectivity index (χ1) is 16.5. The van der Waals surface area contributed by atoms with Gasteiger partial charge in [-0.05, 0) is 87.8 Å². The summed E-state index contributed by atoms with van der Waals surface area (Å²) in [6.07, 6.45) is 13.9. The second kappa shape index (κ2) is 14.2. The van der Waals surface area contributed by atoms with Crippen LogP contribution in [0.3, 0.4) is 0 Å². The average Bonchev–Trinajstić information content (AvgIpc) is 2.79. The van der Waals surface area contributed by atoms with Gasteiger partial charge in [-0.3, -0.25) is 4.79 Å². The molecule has 200 valence electrons. The molecule has 3 atom stereocenters. The number of halogens is 1. The summed E-state index contributed by atoms with van der Waals surface area (Å²) in [7, 11) is 0. The third-order valence-corrected chi connectivity index (χ3v) is 8.79. The summed E-state index contributed by atoms with van der Waals surface area (Å²) in [5.74, 6) is 4.08. The molecular formula is C31H51IO3. The summed E-state index contributed by atoms with van der Waals surface area (Å²) < 4.78 is 12.8. The van der Waals surface area contributed by atoms with Crippen LogP contribution in [-0.4, -0.2) is 16.0 Å². The molecular weight excluding hydrogens is 547 g/mol. The molecule has 1 aromatic rings. The number of carbonyl (C=O) groups is 1. The summed E-state index contributed by atoms with van der Waals surface area (Å²) in [6.45, 7) is 18.0. The van der Waals surface area contributed by atoms with Gasteiger partial charge in [0.05, 0.1) is 4.43 Å². The van der Waals surface area contributed by atoms with E-state index in [1.165, 1.54) is 56.9 Å². The van der Waals surface area contributed by atoms with E-state index in [0.29, 0.717) is 4.43 Å². The molecule has 2 rings (SSSR count). The summed E-state index contributed by atoms with van der Waals surface area (Å²) in [4.78, 5) is 11.9. The van der Waals surface area contributed by atoms with Crippen LogP contribution in [0, 0.1) is 38.5 Å². The minimum absolute atomic E-state index is 0.109. The third kappa shape index (κ3) is 9.23. The summed E-state index contributed by atoms with van der Waals surface area (Å²) in [5.41, 5.74) is 4.31. The first kappa shape index (κ1) is 30.4. The van der Waals surface area contributed by atoms with Gasteiger partial charge in [-0.25, -0.2) is 0 Å². The fourth-order valence-corrected chi connectivity index (χ4v) is 5.71. The van der Waals surface area contributed by atoms with Crippen molar-refractivity contribution in [3.8, 4) is 11.5 Å². The van der Waals surface area contributed by atoms with Crippen LogP contribution in [0.1, 0.15) is 121 Å². The summed E-state index contributed by atoms with van der Waals surface area (Å²) in [5, 5.41) is 0. The van der Waals surface area contributed by atoms with E-state index in [1.807, 2.05) is 6.92 Å². The average molecular weight is 599 g/mol. The zero-order chi connectivity index (χ0) is 26.2. The highest BCUT2D eigenvalue weighted by atomic mass is 127. The van der Waals surface area contributed by atoms with Crippen molar-refractivity contribution in [3.63, 3.8) is 0 Å². The van der Waals surface area contributed by atoms with Gasteiger partial charge >= 0.3 is 5.97 Å². The summed E-state index contributed by atoms with van der Waals surface area (Å²) >= 11 is 2.05. The van der Waals surface area contributed by atoms with Crippen molar-refractivity contribution in [2.75, 3.05) is 4.43 Å². The fraction of sp³-hybridized carbons (Fsp3) is 0.774. The molecule has 0 saturated carbocycles. The highest BCUT2D eigenvalue weighted by Crippen LogP contribution is 2.45. The van der Waals surface area contributed by atoms with Gasteiger partial charge in [0.2, 0.25) is 0 Å². The predicted octanol–water partition coefficient (Wildman–Crippen LogP) is 9.48. The van der Waals surface area contributed by atoms with E-state index >= 15 is 0 Å². The Morgan fingerprint density at radius 1 is 0.914 bits per heavy atom. The lowest BCUT2D eigenvalue weighted by Gasteiger charge is -2.38. The maximum Gasteiger partial charge on any atom is 0.321 e. The van der Waals surface area contributed by atoms with Crippen molar-refractivity contribution in [3.05, 3.63) is 22.3 Å². The number of esters is 1. The lowest BCUT2D eigenvalue weighted by molar-refractivity contribution is -0.131. The van der Waals surface area contributed by atoms with Crippen molar-refractivity contribution in [2.45, 2.75) is 132 Å². The Morgan fingerprint density at radius 3 is 2.06 bits per heavy atom. The maximum absolute atomic E-state index is 11.9. The molecule has 3 nitrogen and oxygen atoms in total. The van der Waals surface area contributed by atoms with Gasteiger partial charge in [-0.1, -0.05) is 95.2 Å². The Bertz CT molecular complexity index is 831. The molecule has 0 spiro atoms. The topological polar surface area (TPSA) is 35.5 Å². The van der Waals surface area contributed by atoms with Crippen LogP contribution in [-0.2, 0) is 11.2 Å². The Labute approximate surface area is 229 Å². The van der Waals surface area contributed by atoms with Gasteiger partial charge in [-0.2, -0.15) is 0 Å². The van der Waals surface area contributed by atoms with E-state index in [9.17, 15) is 4.79 Å². The Hall–Kier alpha value is -0.780. The SMILES string of the molecule is Cc1c(C)c2c(c(C)c1OC(=O)CI)CC[C@@](C)(CCC[C@H](C)CCC[C@H](C)CCCC(C)C)O2. The van der Waals surface area contributed by atoms with E-state index in [0.717, 1.165) is 65.2 Å². The van der Waals surface area contributed by atoms with Gasteiger partial charge < -0.3 is 9.47 Å². The Morgan fingerprint density at radius 2 is 1.49 bits per heavy atom. The van der Waals surface area contributed by atoms with Crippen molar-refractivity contribution in [1.82, 2.24) is 0 Å². The molecule has 1 heterocycles.